The molecule has 0 aromatic heterocycles. The molecule has 196 valence electrons. The lowest BCUT2D eigenvalue weighted by molar-refractivity contribution is -0.156. The molecule has 1 aromatic carbocycles. The van der Waals surface area contributed by atoms with E-state index in [-0.39, 0.29) is 18.6 Å². The second kappa shape index (κ2) is 11.6. The van der Waals surface area contributed by atoms with Gasteiger partial charge in [0.15, 0.2) is 0 Å². The van der Waals surface area contributed by atoms with Crippen molar-refractivity contribution in [1.82, 2.24) is 15.1 Å². The Morgan fingerprint density at radius 3 is 2.44 bits per heavy atom. The van der Waals surface area contributed by atoms with Crippen LogP contribution in [-0.2, 0) is 30.5 Å². The lowest BCUT2D eigenvalue weighted by Crippen LogP contribution is -2.57. The molecule has 0 saturated carbocycles. The van der Waals surface area contributed by atoms with Crippen LogP contribution < -0.4 is 5.32 Å². The first-order chi connectivity index (χ1) is 17.0. The van der Waals surface area contributed by atoms with Gasteiger partial charge >= 0.3 is 12.1 Å². The number of ether oxygens (including phenoxy) is 2. The van der Waals surface area contributed by atoms with Gasteiger partial charge in [-0.25, -0.2) is 9.59 Å². The van der Waals surface area contributed by atoms with Crippen molar-refractivity contribution < 1.29 is 28.7 Å². The number of amides is 3. The smallest absolute Gasteiger partial charge is 0.410 e. The molecule has 4 atom stereocenters. The molecule has 0 aliphatic carbocycles. The van der Waals surface area contributed by atoms with Crippen LogP contribution >= 0.6 is 0 Å². The number of rotatable bonds is 6. The Labute approximate surface area is 212 Å². The van der Waals surface area contributed by atoms with Gasteiger partial charge in [-0.3, -0.25) is 14.5 Å². The highest BCUT2D eigenvalue weighted by Gasteiger charge is 2.44. The number of nitrogens with zero attached hydrogens (tertiary/aromatic N) is 2. The predicted octanol–water partition coefficient (Wildman–Crippen LogP) is 3.18. The zero-order valence-corrected chi connectivity index (χ0v) is 21.7. The maximum atomic E-state index is 13.6. The van der Waals surface area contributed by atoms with Crippen molar-refractivity contribution in [1.29, 1.82) is 0 Å². The van der Waals surface area contributed by atoms with Crippen molar-refractivity contribution in [2.24, 2.45) is 0 Å². The summed E-state index contributed by atoms with van der Waals surface area (Å²) in [5.74, 6) is -1.24. The van der Waals surface area contributed by atoms with Gasteiger partial charge in [-0.2, -0.15) is 0 Å². The van der Waals surface area contributed by atoms with E-state index in [1.54, 1.807) is 32.6 Å². The molecular formula is C27H37N3O6. The van der Waals surface area contributed by atoms with Crippen molar-refractivity contribution in [3.05, 3.63) is 48.0 Å². The molecule has 0 radical (unpaired) electrons. The van der Waals surface area contributed by atoms with Crippen LogP contribution in [0.15, 0.2) is 42.5 Å². The fourth-order valence-electron chi connectivity index (χ4n) is 4.35. The van der Waals surface area contributed by atoms with Crippen molar-refractivity contribution in [3.63, 3.8) is 0 Å². The van der Waals surface area contributed by atoms with E-state index < -0.39 is 41.7 Å². The molecular weight excluding hydrogens is 462 g/mol. The van der Waals surface area contributed by atoms with Gasteiger partial charge in [0.05, 0.1) is 0 Å². The molecule has 9 heteroatoms. The molecule has 2 aliphatic rings. The summed E-state index contributed by atoms with van der Waals surface area (Å²) in [5.41, 5.74) is 0.173. The minimum absolute atomic E-state index is 0.135. The molecule has 3 amide bonds. The molecule has 2 aliphatic heterocycles. The third-order valence-electron chi connectivity index (χ3n) is 6.46. The van der Waals surface area contributed by atoms with Crippen LogP contribution in [0.1, 0.15) is 58.9 Å². The number of hydrogen-bond acceptors (Lipinski definition) is 6. The first-order valence-corrected chi connectivity index (χ1v) is 12.4. The fraction of sp³-hybridized carbons (Fsp3) is 0.556. The number of benzene rings is 1. The maximum Gasteiger partial charge on any atom is 0.410 e. The summed E-state index contributed by atoms with van der Waals surface area (Å²) in [4.78, 5) is 54.7. The van der Waals surface area contributed by atoms with Gasteiger partial charge in [0.1, 0.15) is 30.3 Å². The Balaban J connectivity index is 1.67. The second-order valence-electron chi connectivity index (χ2n) is 10.4. The van der Waals surface area contributed by atoms with E-state index in [1.807, 2.05) is 42.5 Å². The van der Waals surface area contributed by atoms with Crippen LogP contribution in [0.25, 0.3) is 0 Å². The first-order valence-electron chi connectivity index (χ1n) is 12.4. The minimum Gasteiger partial charge on any atom is -0.459 e. The summed E-state index contributed by atoms with van der Waals surface area (Å²) in [6.07, 6.45) is 5.36. The highest BCUT2D eigenvalue weighted by Crippen LogP contribution is 2.30. The molecule has 3 rings (SSSR count). The zero-order valence-electron chi connectivity index (χ0n) is 21.7. The van der Waals surface area contributed by atoms with E-state index in [1.165, 1.54) is 11.9 Å². The Hall–Kier alpha value is -3.36. The van der Waals surface area contributed by atoms with Crippen LogP contribution in [0.3, 0.4) is 0 Å². The van der Waals surface area contributed by atoms with E-state index in [4.69, 9.17) is 9.47 Å². The van der Waals surface area contributed by atoms with Crippen LogP contribution in [-0.4, -0.2) is 70.5 Å². The number of esters is 1. The molecule has 9 nitrogen and oxygen atoms in total. The van der Waals surface area contributed by atoms with Crippen LogP contribution in [0, 0.1) is 0 Å². The van der Waals surface area contributed by atoms with Crippen LogP contribution in [0.5, 0.6) is 0 Å². The zero-order chi connectivity index (χ0) is 26.5. The number of likely N-dealkylation sites (N-methyl/N-ethyl adjacent to an activating group) is 1. The Bertz CT molecular complexity index is 987. The highest BCUT2D eigenvalue weighted by atomic mass is 16.6. The summed E-state index contributed by atoms with van der Waals surface area (Å²) in [5, 5.41) is 2.78. The largest absolute Gasteiger partial charge is 0.459 e. The minimum atomic E-state index is -0.858. The van der Waals surface area contributed by atoms with Crippen molar-refractivity contribution in [2.75, 3.05) is 7.05 Å². The molecule has 0 spiro atoms. The lowest BCUT2D eigenvalue weighted by Gasteiger charge is -2.34. The summed E-state index contributed by atoms with van der Waals surface area (Å²) >= 11 is 0. The quantitative estimate of drug-likeness (QED) is 0.476. The van der Waals surface area contributed by atoms with Gasteiger partial charge in [-0.05, 0) is 58.9 Å². The molecule has 1 N–H and O–H groups in total. The lowest BCUT2D eigenvalue weighted by atomic mass is 10.0. The van der Waals surface area contributed by atoms with Gasteiger partial charge in [-0.1, -0.05) is 42.5 Å². The molecule has 36 heavy (non-hydrogen) atoms. The number of hydrogen-bond donors (Lipinski definition) is 1. The molecule has 1 fully saturated rings. The van der Waals surface area contributed by atoms with E-state index in [9.17, 15) is 19.2 Å². The topological polar surface area (TPSA) is 105 Å². The van der Waals surface area contributed by atoms with Crippen LogP contribution in [0.4, 0.5) is 4.79 Å². The number of nitrogens with one attached hydrogen (secondary N) is 1. The Kier molecular flexibility index (Phi) is 8.76. The molecule has 1 saturated heterocycles. The van der Waals surface area contributed by atoms with Crippen molar-refractivity contribution >= 4 is 23.9 Å². The first kappa shape index (κ1) is 27.2. The number of carbonyl (C=O) groups is 4. The summed E-state index contributed by atoms with van der Waals surface area (Å²) in [6, 6.07) is 6.84. The Morgan fingerprint density at radius 2 is 1.78 bits per heavy atom. The third-order valence-corrected chi connectivity index (χ3v) is 6.46. The highest BCUT2D eigenvalue weighted by molar-refractivity contribution is 5.93. The molecule has 1 aromatic rings. The number of fused-ring (bicyclic) bond motifs is 1. The monoisotopic (exact) mass is 499 g/mol. The van der Waals surface area contributed by atoms with Gasteiger partial charge in [0.2, 0.25) is 11.8 Å². The SMILES string of the molecule is CC(C(=O)NC1CC=CCC2CCC(C(=O)OCc3ccccc3)N2C1=O)N(C)C(=O)OC(C)(C)C. The van der Waals surface area contributed by atoms with Crippen molar-refractivity contribution in [2.45, 2.75) is 89.8 Å². The van der Waals surface area contributed by atoms with Gasteiger partial charge < -0.3 is 19.7 Å². The maximum absolute atomic E-state index is 13.6. The summed E-state index contributed by atoms with van der Waals surface area (Å²) in [6.45, 7) is 6.95. The fourth-order valence-corrected chi connectivity index (χ4v) is 4.35. The van der Waals surface area contributed by atoms with E-state index >= 15 is 0 Å². The third kappa shape index (κ3) is 6.86. The summed E-state index contributed by atoms with van der Waals surface area (Å²) in [7, 11) is 1.48. The number of carbonyl (C=O) groups excluding carboxylic acids is 4. The predicted molar refractivity (Wildman–Crippen MR) is 134 cm³/mol. The van der Waals surface area contributed by atoms with Gasteiger partial charge in [0, 0.05) is 13.1 Å². The van der Waals surface area contributed by atoms with E-state index in [0.717, 1.165) is 5.56 Å². The molecule has 4 unspecified atom stereocenters. The standard InChI is InChI=1S/C27H37N3O6/c1-18(29(5)26(34)36-27(2,3)4)23(31)28-21-14-10-9-13-20-15-16-22(30(20)24(21)32)25(33)35-17-19-11-7-6-8-12-19/h6-12,18,20-22H,13-17H2,1-5H3,(H,28,31). The Morgan fingerprint density at radius 1 is 1.11 bits per heavy atom. The van der Waals surface area contributed by atoms with Gasteiger partial charge in [-0.15, -0.1) is 0 Å². The average Bonchev–Trinajstić information content (AvgIpc) is 3.24. The van der Waals surface area contributed by atoms with Crippen LogP contribution in [0.2, 0.25) is 0 Å². The average molecular weight is 500 g/mol. The summed E-state index contributed by atoms with van der Waals surface area (Å²) < 4.78 is 10.9. The van der Waals surface area contributed by atoms with E-state index in [0.29, 0.717) is 25.7 Å². The van der Waals surface area contributed by atoms with Crippen molar-refractivity contribution in [3.8, 4) is 0 Å². The molecule has 0 bridgehead atoms. The molecule has 2 heterocycles. The van der Waals surface area contributed by atoms with E-state index in [2.05, 4.69) is 5.32 Å². The van der Waals surface area contributed by atoms with Gasteiger partial charge in [0.25, 0.3) is 0 Å². The second-order valence-corrected chi connectivity index (χ2v) is 10.4. The normalized spacial score (nSPS) is 22.6.